The summed E-state index contributed by atoms with van der Waals surface area (Å²) in [4.78, 5) is 25.9. The molecule has 9 heteroatoms. The highest BCUT2D eigenvalue weighted by Crippen LogP contribution is 2.32. The normalized spacial score (nSPS) is 14.1. The monoisotopic (exact) mass is 469 g/mol. The minimum atomic E-state index is -0.541. The maximum Gasteiger partial charge on any atom is 0.291 e. The molecular weight excluding hydrogens is 446 g/mol. The number of piperidine rings is 1. The lowest BCUT2D eigenvalue weighted by Crippen LogP contribution is -2.28. The Morgan fingerprint density at radius 1 is 1.15 bits per heavy atom. The number of aryl methyl sites for hydroxylation is 1. The van der Waals surface area contributed by atoms with Crippen LogP contribution in [-0.4, -0.2) is 28.8 Å². The Morgan fingerprint density at radius 3 is 2.67 bits per heavy atom. The van der Waals surface area contributed by atoms with Gasteiger partial charge < -0.3 is 14.5 Å². The van der Waals surface area contributed by atoms with E-state index in [1.807, 2.05) is 6.92 Å². The predicted molar refractivity (Wildman–Crippen MR) is 125 cm³/mol. The van der Waals surface area contributed by atoms with Crippen molar-refractivity contribution in [3.05, 3.63) is 80.8 Å². The summed E-state index contributed by atoms with van der Waals surface area (Å²) in [5.41, 5.74) is 0.792. The molecule has 0 atom stereocenters. The fourth-order valence-electron chi connectivity index (χ4n) is 3.79. The Morgan fingerprint density at radius 2 is 1.94 bits per heavy atom. The zero-order chi connectivity index (χ0) is 23.4. The van der Waals surface area contributed by atoms with E-state index < -0.39 is 10.8 Å². The molecule has 0 unspecified atom stereocenters. The maximum absolute atomic E-state index is 12.7. The second kappa shape index (κ2) is 10.1. The Labute approximate surface area is 196 Å². The van der Waals surface area contributed by atoms with Crippen molar-refractivity contribution in [3.8, 4) is 11.5 Å². The van der Waals surface area contributed by atoms with Crippen LogP contribution in [0.2, 0.25) is 5.02 Å². The highest BCUT2D eigenvalue weighted by Gasteiger charge is 2.18. The van der Waals surface area contributed by atoms with Gasteiger partial charge in [0.05, 0.1) is 23.2 Å². The summed E-state index contributed by atoms with van der Waals surface area (Å²) in [5, 5.41) is 14.6. The molecule has 1 saturated heterocycles. The van der Waals surface area contributed by atoms with Crippen LogP contribution in [0.4, 0.5) is 11.4 Å². The van der Waals surface area contributed by atoms with Crippen LogP contribution in [0.25, 0.3) is 0 Å². The zero-order valence-corrected chi connectivity index (χ0v) is 18.9. The van der Waals surface area contributed by atoms with Gasteiger partial charge in [0.15, 0.2) is 5.76 Å². The molecule has 172 valence electrons. The van der Waals surface area contributed by atoms with Crippen LogP contribution in [0.5, 0.6) is 11.5 Å². The van der Waals surface area contributed by atoms with Gasteiger partial charge >= 0.3 is 0 Å². The molecule has 4 rings (SSSR count). The summed E-state index contributed by atoms with van der Waals surface area (Å²) >= 11 is 5.98. The number of hydrogen-bond donors (Lipinski definition) is 1. The number of ether oxygens (including phenoxy) is 1. The van der Waals surface area contributed by atoms with Crippen LogP contribution in [0.1, 0.15) is 41.1 Å². The molecule has 2 heterocycles. The number of anilines is 1. The van der Waals surface area contributed by atoms with Crippen molar-refractivity contribution in [2.45, 2.75) is 32.7 Å². The number of rotatable bonds is 7. The number of hydrogen-bond acceptors (Lipinski definition) is 6. The summed E-state index contributed by atoms with van der Waals surface area (Å²) in [6, 6.07) is 12.6. The van der Waals surface area contributed by atoms with E-state index in [0.29, 0.717) is 23.1 Å². The smallest absolute Gasteiger partial charge is 0.291 e. The average molecular weight is 470 g/mol. The number of non-ortho nitro benzene ring substituents is 1. The van der Waals surface area contributed by atoms with E-state index in [9.17, 15) is 14.9 Å². The Balaban J connectivity index is 1.49. The van der Waals surface area contributed by atoms with Crippen LogP contribution >= 0.6 is 11.6 Å². The van der Waals surface area contributed by atoms with E-state index >= 15 is 0 Å². The first-order valence-corrected chi connectivity index (χ1v) is 11.1. The lowest BCUT2D eigenvalue weighted by Gasteiger charge is -2.25. The second-order valence-electron chi connectivity index (χ2n) is 8.04. The van der Waals surface area contributed by atoms with Crippen molar-refractivity contribution in [2.24, 2.45) is 0 Å². The molecule has 2 aromatic carbocycles. The van der Waals surface area contributed by atoms with E-state index in [-0.39, 0.29) is 22.9 Å². The predicted octanol–water partition coefficient (Wildman–Crippen LogP) is 6.18. The SMILES string of the molecule is Cc1cc(Cl)ccc1Oc1cc(NC(=O)c2ccc(CN3CCCCC3)o2)cc([N+](=O)[O-])c1. The Hall–Kier alpha value is -3.36. The first-order valence-electron chi connectivity index (χ1n) is 10.7. The van der Waals surface area contributed by atoms with E-state index in [2.05, 4.69) is 10.2 Å². The van der Waals surface area contributed by atoms with Crippen LogP contribution < -0.4 is 10.1 Å². The Kier molecular flexibility index (Phi) is 6.96. The molecule has 1 fully saturated rings. The van der Waals surface area contributed by atoms with Gasteiger partial charge in [0.25, 0.3) is 11.6 Å². The number of nitro benzene ring substituents is 1. The minimum Gasteiger partial charge on any atom is -0.457 e. The second-order valence-corrected chi connectivity index (χ2v) is 8.48. The molecule has 8 nitrogen and oxygen atoms in total. The van der Waals surface area contributed by atoms with Crippen molar-refractivity contribution in [1.82, 2.24) is 4.90 Å². The molecule has 0 bridgehead atoms. The fraction of sp³-hybridized carbons (Fsp3) is 0.292. The highest BCUT2D eigenvalue weighted by molar-refractivity contribution is 6.30. The summed E-state index contributed by atoms with van der Waals surface area (Å²) in [6.45, 7) is 4.51. The molecule has 0 radical (unpaired) electrons. The number of carbonyl (C=O) groups excluding carboxylic acids is 1. The van der Waals surface area contributed by atoms with Crippen LogP contribution in [0, 0.1) is 17.0 Å². The Bertz CT molecular complexity index is 1170. The fourth-order valence-corrected chi connectivity index (χ4v) is 4.02. The molecule has 0 spiro atoms. The summed E-state index contributed by atoms with van der Waals surface area (Å²) in [7, 11) is 0. The third-order valence-corrected chi connectivity index (χ3v) is 5.67. The van der Waals surface area contributed by atoms with Gasteiger partial charge in [0.1, 0.15) is 17.3 Å². The largest absolute Gasteiger partial charge is 0.457 e. The molecule has 1 aromatic heterocycles. The van der Waals surface area contributed by atoms with Gasteiger partial charge in [-0.3, -0.25) is 19.8 Å². The van der Waals surface area contributed by atoms with Crippen LogP contribution in [0.3, 0.4) is 0 Å². The van der Waals surface area contributed by atoms with E-state index in [1.165, 1.54) is 37.5 Å². The van der Waals surface area contributed by atoms with Gasteiger partial charge in [-0.1, -0.05) is 18.0 Å². The topological polar surface area (TPSA) is 97.8 Å². The van der Waals surface area contributed by atoms with Gasteiger partial charge in [0, 0.05) is 17.2 Å². The summed E-state index contributed by atoms with van der Waals surface area (Å²) < 4.78 is 11.5. The molecule has 1 aliphatic rings. The molecule has 1 N–H and O–H groups in total. The molecule has 1 amide bonds. The third-order valence-electron chi connectivity index (χ3n) is 5.44. The van der Waals surface area contributed by atoms with Crippen LogP contribution in [0.15, 0.2) is 52.9 Å². The van der Waals surface area contributed by atoms with Crippen molar-refractivity contribution in [2.75, 3.05) is 18.4 Å². The molecule has 1 aliphatic heterocycles. The number of benzene rings is 2. The quantitative estimate of drug-likeness (QED) is 0.327. The van der Waals surface area contributed by atoms with Gasteiger partial charge in [-0.2, -0.15) is 0 Å². The molecule has 0 aliphatic carbocycles. The minimum absolute atomic E-state index is 0.143. The number of likely N-dealkylation sites (tertiary alicyclic amines) is 1. The highest BCUT2D eigenvalue weighted by atomic mass is 35.5. The average Bonchev–Trinajstić information content (AvgIpc) is 3.25. The number of nitrogens with one attached hydrogen (secondary N) is 1. The molecule has 33 heavy (non-hydrogen) atoms. The number of nitrogens with zero attached hydrogens (tertiary/aromatic N) is 2. The number of furan rings is 1. The van der Waals surface area contributed by atoms with E-state index in [0.717, 1.165) is 18.7 Å². The third kappa shape index (κ3) is 5.91. The standard InChI is InChI=1S/C24H24ClN3O5/c1-16-11-17(25)5-7-22(16)33-21-13-18(12-19(14-21)28(30)31)26-24(29)23-8-6-20(32-23)15-27-9-3-2-4-10-27/h5-8,11-14H,2-4,9-10,15H2,1H3,(H,26,29). The zero-order valence-electron chi connectivity index (χ0n) is 18.2. The summed E-state index contributed by atoms with van der Waals surface area (Å²) in [6.07, 6.45) is 3.58. The molecular formula is C24H24ClN3O5. The van der Waals surface area contributed by atoms with Gasteiger partial charge in [-0.15, -0.1) is 0 Å². The molecule has 0 saturated carbocycles. The number of halogens is 1. The number of nitro groups is 1. The summed E-state index contributed by atoms with van der Waals surface area (Å²) in [5.74, 6) is 1.09. The number of carbonyl (C=O) groups is 1. The van der Waals surface area contributed by atoms with Gasteiger partial charge in [-0.25, -0.2) is 0 Å². The molecule has 3 aromatic rings. The first-order chi connectivity index (χ1) is 15.9. The van der Waals surface area contributed by atoms with Gasteiger partial charge in [-0.05, 0) is 68.8 Å². The lowest BCUT2D eigenvalue weighted by molar-refractivity contribution is -0.384. The maximum atomic E-state index is 12.7. The van der Waals surface area contributed by atoms with Crippen molar-refractivity contribution >= 4 is 28.9 Å². The first kappa shape index (κ1) is 22.8. The van der Waals surface area contributed by atoms with E-state index in [1.54, 1.807) is 30.3 Å². The van der Waals surface area contributed by atoms with Crippen molar-refractivity contribution in [3.63, 3.8) is 0 Å². The lowest BCUT2D eigenvalue weighted by atomic mass is 10.1. The number of amides is 1. The van der Waals surface area contributed by atoms with Gasteiger partial charge in [0.2, 0.25) is 0 Å². The van der Waals surface area contributed by atoms with E-state index in [4.69, 9.17) is 20.8 Å². The van der Waals surface area contributed by atoms with Crippen LogP contribution in [-0.2, 0) is 6.54 Å². The van der Waals surface area contributed by atoms with Crippen molar-refractivity contribution < 1.29 is 18.9 Å². The van der Waals surface area contributed by atoms with Crippen molar-refractivity contribution in [1.29, 1.82) is 0 Å².